The van der Waals surface area contributed by atoms with E-state index in [0.717, 1.165) is 29.7 Å². The third-order valence-corrected chi connectivity index (χ3v) is 4.81. The molecule has 0 atom stereocenters. The number of ether oxygens (including phenoxy) is 1. The highest BCUT2D eigenvalue weighted by molar-refractivity contribution is 5.78. The van der Waals surface area contributed by atoms with Gasteiger partial charge in [-0.2, -0.15) is 0 Å². The lowest BCUT2D eigenvalue weighted by molar-refractivity contribution is -0.134. The maximum atomic E-state index is 12.3. The van der Waals surface area contributed by atoms with Crippen LogP contribution < -0.4 is 10.1 Å². The van der Waals surface area contributed by atoms with E-state index >= 15 is 0 Å². The molecule has 26 heavy (non-hydrogen) atoms. The van der Waals surface area contributed by atoms with Crippen LogP contribution in [0.15, 0.2) is 18.2 Å². The Bertz CT molecular complexity index is 641. The minimum Gasteiger partial charge on any atom is -0.483 e. The summed E-state index contributed by atoms with van der Waals surface area (Å²) in [4.78, 5) is 26.4. The number of hydrogen-bond donors (Lipinski definition) is 1. The third kappa shape index (κ3) is 6.04. The van der Waals surface area contributed by atoms with Crippen LogP contribution in [-0.4, -0.2) is 42.5 Å². The molecule has 1 aliphatic heterocycles. The zero-order valence-electron chi connectivity index (χ0n) is 16.7. The predicted molar refractivity (Wildman–Crippen MR) is 103 cm³/mol. The second-order valence-electron chi connectivity index (χ2n) is 8.45. The highest BCUT2D eigenvalue weighted by atomic mass is 16.5. The van der Waals surface area contributed by atoms with Gasteiger partial charge in [0.15, 0.2) is 6.61 Å². The summed E-state index contributed by atoms with van der Waals surface area (Å²) in [5.41, 5.74) is 2.22. The quantitative estimate of drug-likeness (QED) is 0.877. The van der Waals surface area contributed by atoms with Gasteiger partial charge in [-0.3, -0.25) is 9.59 Å². The number of piperidine rings is 1. The number of benzene rings is 1. The zero-order valence-corrected chi connectivity index (χ0v) is 16.7. The van der Waals surface area contributed by atoms with Crippen molar-refractivity contribution in [1.29, 1.82) is 0 Å². The molecule has 0 spiro atoms. The van der Waals surface area contributed by atoms with Gasteiger partial charge in [-0.15, -0.1) is 0 Å². The van der Waals surface area contributed by atoms with E-state index in [4.69, 9.17) is 4.74 Å². The van der Waals surface area contributed by atoms with Crippen molar-refractivity contribution in [2.75, 3.05) is 19.7 Å². The van der Waals surface area contributed by atoms with Crippen molar-refractivity contribution in [1.82, 2.24) is 10.2 Å². The van der Waals surface area contributed by atoms with Gasteiger partial charge >= 0.3 is 0 Å². The monoisotopic (exact) mass is 360 g/mol. The molecule has 144 valence electrons. The van der Waals surface area contributed by atoms with Crippen LogP contribution in [-0.2, 0) is 9.59 Å². The van der Waals surface area contributed by atoms with Crippen LogP contribution in [0.25, 0.3) is 0 Å². The van der Waals surface area contributed by atoms with E-state index in [2.05, 4.69) is 26.1 Å². The Morgan fingerprint density at radius 3 is 2.46 bits per heavy atom. The predicted octanol–water partition coefficient (Wildman–Crippen LogP) is 3.23. The van der Waals surface area contributed by atoms with Crippen molar-refractivity contribution in [3.63, 3.8) is 0 Å². The van der Waals surface area contributed by atoms with Crippen molar-refractivity contribution in [2.24, 2.45) is 5.41 Å². The lowest BCUT2D eigenvalue weighted by atomic mass is 9.91. The SMILES string of the molecule is Cc1cccc(OCC(=O)NC2CCN(C(=O)CC(C)(C)C)CC2)c1C. The van der Waals surface area contributed by atoms with Gasteiger partial charge in [-0.1, -0.05) is 32.9 Å². The fraction of sp³-hybridized carbons (Fsp3) is 0.619. The molecule has 1 N–H and O–H groups in total. The maximum absolute atomic E-state index is 12.3. The Kier molecular flexibility index (Phi) is 6.68. The Balaban J connectivity index is 1.74. The molecule has 1 aromatic carbocycles. The van der Waals surface area contributed by atoms with Gasteiger partial charge in [0.2, 0.25) is 5.91 Å². The lowest BCUT2D eigenvalue weighted by Gasteiger charge is -2.34. The number of carbonyl (C=O) groups is 2. The van der Waals surface area contributed by atoms with E-state index in [9.17, 15) is 9.59 Å². The molecule has 1 fully saturated rings. The second-order valence-corrected chi connectivity index (χ2v) is 8.45. The zero-order chi connectivity index (χ0) is 19.3. The summed E-state index contributed by atoms with van der Waals surface area (Å²) in [5.74, 6) is 0.855. The van der Waals surface area contributed by atoms with E-state index in [1.807, 2.05) is 36.9 Å². The fourth-order valence-corrected chi connectivity index (χ4v) is 3.13. The lowest BCUT2D eigenvalue weighted by Crippen LogP contribution is -2.48. The minimum absolute atomic E-state index is 0.00735. The topological polar surface area (TPSA) is 58.6 Å². The van der Waals surface area contributed by atoms with Gasteiger partial charge in [-0.05, 0) is 49.3 Å². The van der Waals surface area contributed by atoms with E-state index in [0.29, 0.717) is 19.5 Å². The summed E-state index contributed by atoms with van der Waals surface area (Å²) in [5, 5.41) is 3.03. The van der Waals surface area contributed by atoms with Gasteiger partial charge in [0.1, 0.15) is 5.75 Å². The first-order chi connectivity index (χ1) is 12.2. The first-order valence-corrected chi connectivity index (χ1v) is 9.42. The van der Waals surface area contributed by atoms with Crippen LogP contribution in [0.1, 0.15) is 51.2 Å². The van der Waals surface area contributed by atoms with E-state index in [1.54, 1.807) is 0 Å². The van der Waals surface area contributed by atoms with Gasteiger partial charge in [0, 0.05) is 25.6 Å². The summed E-state index contributed by atoms with van der Waals surface area (Å²) in [7, 11) is 0. The maximum Gasteiger partial charge on any atom is 0.258 e. The number of aryl methyl sites for hydroxylation is 1. The molecular formula is C21H32N2O3. The second kappa shape index (κ2) is 8.56. The van der Waals surface area contributed by atoms with Crippen LogP contribution in [0.5, 0.6) is 5.75 Å². The first kappa shape index (κ1) is 20.3. The van der Waals surface area contributed by atoms with E-state index < -0.39 is 0 Å². The molecule has 1 aliphatic rings. The smallest absolute Gasteiger partial charge is 0.258 e. The van der Waals surface area contributed by atoms with Crippen molar-refractivity contribution in [3.8, 4) is 5.75 Å². The number of amides is 2. The molecule has 0 radical (unpaired) electrons. The van der Waals surface area contributed by atoms with Gasteiger partial charge in [0.05, 0.1) is 0 Å². The van der Waals surface area contributed by atoms with Crippen LogP contribution in [0.3, 0.4) is 0 Å². The largest absolute Gasteiger partial charge is 0.483 e. The van der Waals surface area contributed by atoms with E-state index in [1.165, 1.54) is 0 Å². The summed E-state index contributed by atoms with van der Waals surface area (Å²) >= 11 is 0. The van der Waals surface area contributed by atoms with Crippen molar-refractivity contribution in [2.45, 2.75) is 59.9 Å². The Morgan fingerprint density at radius 2 is 1.85 bits per heavy atom. The average molecular weight is 360 g/mol. The van der Waals surface area contributed by atoms with Gasteiger partial charge < -0.3 is 15.0 Å². The summed E-state index contributed by atoms with van der Waals surface area (Å²) in [6.07, 6.45) is 2.16. The van der Waals surface area contributed by atoms with Crippen molar-refractivity contribution in [3.05, 3.63) is 29.3 Å². The first-order valence-electron chi connectivity index (χ1n) is 9.42. The van der Waals surface area contributed by atoms with Crippen molar-refractivity contribution >= 4 is 11.8 Å². The number of nitrogens with zero attached hydrogens (tertiary/aromatic N) is 1. The van der Waals surface area contributed by atoms with Crippen LogP contribution in [0.4, 0.5) is 0 Å². The molecule has 1 heterocycles. The Hall–Kier alpha value is -2.04. The van der Waals surface area contributed by atoms with E-state index in [-0.39, 0.29) is 29.9 Å². The summed E-state index contributed by atoms with van der Waals surface area (Å²) in [6, 6.07) is 5.95. The molecule has 5 heteroatoms. The Labute approximate surface area is 157 Å². The molecule has 0 aromatic heterocycles. The number of carbonyl (C=O) groups excluding carboxylic acids is 2. The molecule has 1 saturated heterocycles. The normalized spacial score (nSPS) is 15.7. The molecular weight excluding hydrogens is 328 g/mol. The summed E-state index contributed by atoms with van der Waals surface area (Å²) < 4.78 is 5.66. The van der Waals surface area contributed by atoms with Crippen LogP contribution in [0, 0.1) is 19.3 Å². The van der Waals surface area contributed by atoms with Crippen LogP contribution in [0.2, 0.25) is 0 Å². The molecule has 0 aliphatic carbocycles. The molecule has 1 aromatic rings. The van der Waals surface area contributed by atoms with Gasteiger partial charge in [-0.25, -0.2) is 0 Å². The molecule has 0 bridgehead atoms. The molecule has 5 nitrogen and oxygen atoms in total. The molecule has 2 rings (SSSR count). The molecule has 0 saturated carbocycles. The highest BCUT2D eigenvalue weighted by Gasteiger charge is 2.26. The highest BCUT2D eigenvalue weighted by Crippen LogP contribution is 2.22. The fourth-order valence-electron chi connectivity index (χ4n) is 3.13. The number of rotatable bonds is 5. The number of nitrogens with one attached hydrogen (secondary N) is 1. The number of likely N-dealkylation sites (tertiary alicyclic amines) is 1. The van der Waals surface area contributed by atoms with Crippen molar-refractivity contribution < 1.29 is 14.3 Å². The summed E-state index contributed by atoms with van der Waals surface area (Å²) in [6.45, 7) is 11.7. The third-order valence-electron chi connectivity index (χ3n) is 4.81. The average Bonchev–Trinajstić information content (AvgIpc) is 2.55. The standard InChI is InChI=1S/C21H32N2O3/c1-15-7-6-8-18(16(15)2)26-14-19(24)22-17-9-11-23(12-10-17)20(25)13-21(3,4)5/h6-8,17H,9-14H2,1-5H3,(H,22,24). The molecule has 2 amide bonds. The number of hydrogen-bond acceptors (Lipinski definition) is 3. The van der Waals surface area contributed by atoms with Gasteiger partial charge in [0.25, 0.3) is 5.91 Å². The minimum atomic E-state index is -0.106. The Morgan fingerprint density at radius 1 is 1.19 bits per heavy atom. The van der Waals surface area contributed by atoms with Crippen LogP contribution >= 0.6 is 0 Å². The molecule has 0 unspecified atom stereocenters.